The number of ether oxygens (including phenoxy) is 1. The number of aromatic nitrogens is 1. The molecule has 1 unspecified atom stereocenters. The number of likely N-dealkylation sites (N-methyl/N-ethyl adjacent to an activating group) is 1. The molecule has 26 heavy (non-hydrogen) atoms. The van der Waals surface area contributed by atoms with Crippen molar-refractivity contribution in [3.05, 3.63) is 58.4 Å². The van der Waals surface area contributed by atoms with E-state index in [1.54, 1.807) is 6.07 Å². The second-order valence-corrected chi connectivity index (χ2v) is 6.73. The van der Waals surface area contributed by atoms with Crippen LogP contribution < -0.4 is 15.4 Å². The van der Waals surface area contributed by atoms with Crippen molar-refractivity contribution in [1.82, 2.24) is 4.98 Å². The van der Waals surface area contributed by atoms with E-state index in [0.717, 1.165) is 44.0 Å². The number of hydrogen-bond acceptors (Lipinski definition) is 4. The molecule has 2 aromatic rings. The van der Waals surface area contributed by atoms with Crippen LogP contribution in [0.4, 0.5) is 11.5 Å². The molecule has 3 rings (SSSR count). The van der Waals surface area contributed by atoms with Crippen molar-refractivity contribution in [2.24, 2.45) is 0 Å². The lowest BCUT2D eigenvalue weighted by Crippen LogP contribution is -2.39. The summed E-state index contributed by atoms with van der Waals surface area (Å²) in [6.07, 6.45) is 1.99. The fourth-order valence-electron chi connectivity index (χ4n) is 3.66. The molecule has 0 amide bonds. The number of benzene rings is 1. The number of anilines is 2. The molecule has 0 saturated carbocycles. The molecule has 1 atom stereocenters. The third-order valence-electron chi connectivity index (χ3n) is 5.07. The molecule has 1 fully saturated rings. The maximum absolute atomic E-state index is 12.3. The van der Waals surface area contributed by atoms with Crippen LogP contribution in [-0.2, 0) is 11.2 Å². The second kappa shape index (κ2) is 8.90. The van der Waals surface area contributed by atoms with Crippen molar-refractivity contribution in [2.75, 3.05) is 42.6 Å². The summed E-state index contributed by atoms with van der Waals surface area (Å²) in [7, 11) is 0. The zero-order valence-electron chi connectivity index (χ0n) is 15.8. The van der Waals surface area contributed by atoms with E-state index in [4.69, 9.17) is 4.74 Å². The molecule has 1 saturated heterocycles. The standard InChI is InChI=1S/C21H29N3O2/c1-3-18(14-17-8-6-5-7-9-17)24(4-2)20-15-19(16-21(25)22-20)23-10-12-26-13-11-23/h5-9,15-16,18H,3-4,10-14H2,1-2H3,(H,22,25). The van der Waals surface area contributed by atoms with E-state index in [-0.39, 0.29) is 5.56 Å². The lowest BCUT2D eigenvalue weighted by Gasteiger charge is -2.34. The van der Waals surface area contributed by atoms with Crippen molar-refractivity contribution < 1.29 is 4.74 Å². The second-order valence-electron chi connectivity index (χ2n) is 6.73. The van der Waals surface area contributed by atoms with Crippen LogP contribution in [0.25, 0.3) is 0 Å². The van der Waals surface area contributed by atoms with Crippen molar-refractivity contribution in [3.8, 4) is 0 Å². The third-order valence-corrected chi connectivity index (χ3v) is 5.07. The Hall–Kier alpha value is -2.27. The number of nitrogens with zero attached hydrogens (tertiary/aromatic N) is 2. The first kappa shape index (κ1) is 18.5. The fraction of sp³-hybridized carbons (Fsp3) is 0.476. The molecule has 5 nitrogen and oxygen atoms in total. The predicted octanol–water partition coefficient (Wildman–Crippen LogP) is 3.06. The van der Waals surface area contributed by atoms with Crippen LogP contribution >= 0.6 is 0 Å². The van der Waals surface area contributed by atoms with Crippen LogP contribution in [0.15, 0.2) is 47.3 Å². The zero-order chi connectivity index (χ0) is 18.4. The van der Waals surface area contributed by atoms with Gasteiger partial charge in [0, 0.05) is 43.5 Å². The Balaban J connectivity index is 1.86. The van der Waals surface area contributed by atoms with Gasteiger partial charge in [-0.1, -0.05) is 37.3 Å². The molecule has 5 heteroatoms. The summed E-state index contributed by atoms with van der Waals surface area (Å²) < 4.78 is 5.43. The lowest BCUT2D eigenvalue weighted by molar-refractivity contribution is 0.122. The molecule has 1 aromatic carbocycles. The van der Waals surface area contributed by atoms with E-state index in [0.29, 0.717) is 19.3 Å². The van der Waals surface area contributed by atoms with Crippen molar-refractivity contribution in [3.63, 3.8) is 0 Å². The number of pyridine rings is 1. The molecule has 0 radical (unpaired) electrons. The zero-order valence-corrected chi connectivity index (χ0v) is 15.8. The minimum atomic E-state index is -0.0444. The number of hydrogen-bond donors (Lipinski definition) is 1. The van der Waals surface area contributed by atoms with Crippen molar-refractivity contribution in [1.29, 1.82) is 0 Å². The monoisotopic (exact) mass is 355 g/mol. The lowest BCUT2D eigenvalue weighted by atomic mass is 10.0. The van der Waals surface area contributed by atoms with E-state index >= 15 is 0 Å². The molecule has 0 spiro atoms. The van der Waals surface area contributed by atoms with Gasteiger partial charge in [-0.05, 0) is 25.3 Å². The van der Waals surface area contributed by atoms with Gasteiger partial charge in [0.1, 0.15) is 5.82 Å². The van der Waals surface area contributed by atoms with E-state index in [2.05, 4.69) is 59.0 Å². The Bertz CT molecular complexity index is 738. The van der Waals surface area contributed by atoms with Crippen LogP contribution in [0.3, 0.4) is 0 Å². The minimum Gasteiger partial charge on any atom is -0.378 e. The Labute approximate surface area is 155 Å². The highest BCUT2D eigenvalue weighted by molar-refractivity contribution is 5.55. The van der Waals surface area contributed by atoms with Crippen molar-refractivity contribution >= 4 is 11.5 Å². The van der Waals surface area contributed by atoms with Crippen LogP contribution in [0.2, 0.25) is 0 Å². The molecule has 1 aliphatic rings. The molecule has 140 valence electrons. The van der Waals surface area contributed by atoms with Gasteiger partial charge < -0.3 is 19.5 Å². The summed E-state index contributed by atoms with van der Waals surface area (Å²) >= 11 is 0. The normalized spacial score (nSPS) is 15.7. The molecular weight excluding hydrogens is 326 g/mol. The number of rotatable bonds is 7. The van der Waals surface area contributed by atoms with E-state index in [1.165, 1.54) is 5.56 Å². The van der Waals surface area contributed by atoms with Gasteiger partial charge in [0.05, 0.1) is 13.2 Å². The number of aromatic amines is 1. The quantitative estimate of drug-likeness (QED) is 0.829. The van der Waals surface area contributed by atoms with Gasteiger partial charge >= 0.3 is 0 Å². The highest BCUT2D eigenvalue weighted by atomic mass is 16.5. The van der Waals surface area contributed by atoms with Gasteiger partial charge in [0.2, 0.25) is 0 Å². The van der Waals surface area contributed by atoms with Crippen LogP contribution in [-0.4, -0.2) is 43.9 Å². The summed E-state index contributed by atoms with van der Waals surface area (Å²) in [5.74, 6) is 0.907. The average Bonchev–Trinajstić information content (AvgIpc) is 2.69. The summed E-state index contributed by atoms with van der Waals surface area (Å²) in [5, 5.41) is 0. The number of morpholine rings is 1. The summed E-state index contributed by atoms with van der Waals surface area (Å²) in [6, 6.07) is 14.7. The first-order chi connectivity index (χ1) is 12.7. The van der Waals surface area contributed by atoms with Crippen LogP contribution in [0.5, 0.6) is 0 Å². The van der Waals surface area contributed by atoms with E-state index in [1.807, 2.05) is 6.07 Å². The highest BCUT2D eigenvalue weighted by Crippen LogP contribution is 2.23. The summed E-state index contributed by atoms with van der Waals surface area (Å²) in [4.78, 5) is 19.9. The minimum absolute atomic E-state index is 0.0444. The maximum atomic E-state index is 12.3. The Morgan fingerprint density at radius 1 is 1.15 bits per heavy atom. The highest BCUT2D eigenvalue weighted by Gasteiger charge is 2.19. The predicted molar refractivity (Wildman–Crippen MR) is 107 cm³/mol. The Morgan fingerprint density at radius 3 is 2.54 bits per heavy atom. The van der Waals surface area contributed by atoms with Gasteiger partial charge in [0.25, 0.3) is 5.56 Å². The SMILES string of the molecule is CCC(Cc1ccccc1)N(CC)c1cc(N2CCOCC2)cc(=O)[nH]1. The largest absolute Gasteiger partial charge is 0.378 e. The molecule has 1 aliphatic heterocycles. The van der Waals surface area contributed by atoms with Crippen LogP contribution in [0.1, 0.15) is 25.8 Å². The topological polar surface area (TPSA) is 48.6 Å². The molecule has 1 aromatic heterocycles. The van der Waals surface area contributed by atoms with Gasteiger partial charge in [-0.3, -0.25) is 4.79 Å². The first-order valence-corrected chi connectivity index (χ1v) is 9.59. The number of nitrogens with one attached hydrogen (secondary N) is 1. The van der Waals surface area contributed by atoms with Gasteiger partial charge in [0.15, 0.2) is 0 Å². The third kappa shape index (κ3) is 4.47. The summed E-state index contributed by atoms with van der Waals surface area (Å²) in [5.41, 5.74) is 2.27. The van der Waals surface area contributed by atoms with Crippen molar-refractivity contribution in [2.45, 2.75) is 32.7 Å². The van der Waals surface area contributed by atoms with Gasteiger partial charge in [-0.15, -0.1) is 0 Å². The van der Waals surface area contributed by atoms with Gasteiger partial charge in [-0.2, -0.15) is 0 Å². The smallest absolute Gasteiger partial charge is 0.251 e. The first-order valence-electron chi connectivity index (χ1n) is 9.59. The fourth-order valence-corrected chi connectivity index (χ4v) is 3.66. The molecule has 0 bridgehead atoms. The Kier molecular flexibility index (Phi) is 6.34. The average molecular weight is 355 g/mol. The molecule has 0 aliphatic carbocycles. The van der Waals surface area contributed by atoms with Gasteiger partial charge in [-0.25, -0.2) is 0 Å². The van der Waals surface area contributed by atoms with Crippen LogP contribution in [0, 0.1) is 0 Å². The molecule has 2 heterocycles. The molecule has 1 N–H and O–H groups in total. The molecular formula is C21H29N3O2. The Morgan fingerprint density at radius 2 is 1.88 bits per heavy atom. The summed E-state index contributed by atoms with van der Waals surface area (Å²) in [6.45, 7) is 8.30. The van der Waals surface area contributed by atoms with E-state index < -0.39 is 0 Å². The van der Waals surface area contributed by atoms with E-state index in [9.17, 15) is 4.79 Å². The maximum Gasteiger partial charge on any atom is 0.251 e. The number of H-pyrrole nitrogens is 1.